The predicted octanol–water partition coefficient (Wildman–Crippen LogP) is 3.77. The SMILES string of the molecule is CCCNCC(CC)(CC)CN(C)CC(C)(C)C. The van der Waals surface area contributed by atoms with E-state index in [2.05, 4.69) is 58.8 Å². The van der Waals surface area contributed by atoms with Gasteiger partial charge in [-0.05, 0) is 43.7 Å². The molecule has 1 N–H and O–H groups in total. The van der Waals surface area contributed by atoms with Crippen molar-refractivity contribution >= 4 is 0 Å². The number of hydrogen-bond acceptors (Lipinski definition) is 2. The van der Waals surface area contributed by atoms with Crippen molar-refractivity contribution in [3.05, 3.63) is 0 Å². The largest absolute Gasteiger partial charge is 0.316 e. The van der Waals surface area contributed by atoms with E-state index in [0.717, 1.165) is 13.1 Å². The van der Waals surface area contributed by atoms with Gasteiger partial charge >= 0.3 is 0 Å². The third-order valence-corrected chi connectivity index (χ3v) is 3.78. The van der Waals surface area contributed by atoms with Gasteiger partial charge in [0.05, 0.1) is 0 Å². The van der Waals surface area contributed by atoms with Gasteiger partial charge in [-0.1, -0.05) is 41.5 Å². The average molecular weight is 256 g/mol. The maximum atomic E-state index is 3.62. The fourth-order valence-corrected chi connectivity index (χ4v) is 2.75. The summed E-state index contributed by atoms with van der Waals surface area (Å²) in [6.45, 7) is 18.5. The van der Waals surface area contributed by atoms with Crippen molar-refractivity contribution in [1.82, 2.24) is 10.2 Å². The van der Waals surface area contributed by atoms with Gasteiger partial charge in [0.2, 0.25) is 0 Å². The maximum Gasteiger partial charge on any atom is 0.00471 e. The number of nitrogens with zero attached hydrogens (tertiary/aromatic N) is 1. The van der Waals surface area contributed by atoms with E-state index < -0.39 is 0 Å². The molecule has 0 spiro atoms. The molecule has 0 heterocycles. The fourth-order valence-electron chi connectivity index (χ4n) is 2.75. The number of nitrogens with one attached hydrogen (secondary N) is 1. The van der Waals surface area contributed by atoms with E-state index in [-0.39, 0.29) is 0 Å². The average Bonchev–Trinajstić information content (AvgIpc) is 2.25. The van der Waals surface area contributed by atoms with Gasteiger partial charge < -0.3 is 10.2 Å². The molecular weight excluding hydrogens is 220 g/mol. The highest BCUT2D eigenvalue weighted by atomic mass is 15.1. The van der Waals surface area contributed by atoms with E-state index in [1.165, 1.54) is 32.4 Å². The normalized spacial score (nSPS) is 13.3. The van der Waals surface area contributed by atoms with Crippen LogP contribution in [-0.2, 0) is 0 Å². The highest BCUT2D eigenvalue weighted by Gasteiger charge is 2.28. The molecule has 2 nitrogen and oxygen atoms in total. The molecule has 0 aromatic carbocycles. The van der Waals surface area contributed by atoms with Gasteiger partial charge in [0, 0.05) is 19.6 Å². The van der Waals surface area contributed by atoms with Crippen molar-refractivity contribution in [3.63, 3.8) is 0 Å². The molecule has 0 aliphatic heterocycles. The Labute approximate surface area is 116 Å². The molecule has 0 unspecified atom stereocenters. The van der Waals surface area contributed by atoms with Crippen LogP contribution in [0.25, 0.3) is 0 Å². The first-order valence-corrected chi connectivity index (χ1v) is 7.68. The Morgan fingerprint density at radius 3 is 1.89 bits per heavy atom. The Morgan fingerprint density at radius 1 is 0.944 bits per heavy atom. The van der Waals surface area contributed by atoms with Gasteiger partial charge in [0.1, 0.15) is 0 Å². The van der Waals surface area contributed by atoms with Crippen LogP contribution in [0.15, 0.2) is 0 Å². The lowest BCUT2D eigenvalue weighted by Crippen LogP contribution is -2.44. The van der Waals surface area contributed by atoms with Crippen molar-refractivity contribution in [1.29, 1.82) is 0 Å². The molecule has 0 rings (SSSR count). The fraction of sp³-hybridized carbons (Fsp3) is 1.00. The van der Waals surface area contributed by atoms with E-state index >= 15 is 0 Å². The second kappa shape index (κ2) is 8.16. The molecule has 0 saturated heterocycles. The van der Waals surface area contributed by atoms with E-state index in [9.17, 15) is 0 Å². The smallest absolute Gasteiger partial charge is 0.00471 e. The van der Waals surface area contributed by atoms with Crippen molar-refractivity contribution in [2.24, 2.45) is 10.8 Å². The Kier molecular flexibility index (Phi) is 8.13. The third kappa shape index (κ3) is 7.38. The molecule has 2 heteroatoms. The minimum atomic E-state index is 0.388. The molecule has 18 heavy (non-hydrogen) atoms. The Bertz CT molecular complexity index is 202. The van der Waals surface area contributed by atoms with Gasteiger partial charge in [0.15, 0.2) is 0 Å². The van der Waals surface area contributed by atoms with Crippen LogP contribution in [-0.4, -0.2) is 38.1 Å². The minimum absolute atomic E-state index is 0.388. The van der Waals surface area contributed by atoms with Crippen LogP contribution in [0.3, 0.4) is 0 Å². The molecule has 0 atom stereocenters. The van der Waals surface area contributed by atoms with Crippen LogP contribution in [0.4, 0.5) is 0 Å². The summed E-state index contributed by atoms with van der Waals surface area (Å²) in [5.74, 6) is 0. The summed E-state index contributed by atoms with van der Waals surface area (Å²) in [5.41, 5.74) is 0.827. The van der Waals surface area contributed by atoms with Crippen LogP contribution < -0.4 is 5.32 Å². The van der Waals surface area contributed by atoms with Gasteiger partial charge in [-0.15, -0.1) is 0 Å². The van der Waals surface area contributed by atoms with E-state index in [0.29, 0.717) is 10.8 Å². The predicted molar refractivity (Wildman–Crippen MR) is 83.1 cm³/mol. The lowest BCUT2D eigenvalue weighted by molar-refractivity contribution is 0.126. The molecular formula is C16H36N2. The summed E-state index contributed by atoms with van der Waals surface area (Å²) in [7, 11) is 2.27. The summed E-state index contributed by atoms with van der Waals surface area (Å²) >= 11 is 0. The zero-order chi connectivity index (χ0) is 14.2. The van der Waals surface area contributed by atoms with Crippen molar-refractivity contribution in [2.75, 3.05) is 33.2 Å². The molecule has 0 saturated carbocycles. The van der Waals surface area contributed by atoms with Crippen molar-refractivity contribution in [3.8, 4) is 0 Å². The lowest BCUT2D eigenvalue weighted by atomic mass is 9.81. The zero-order valence-electron chi connectivity index (χ0n) is 13.9. The quantitative estimate of drug-likeness (QED) is 0.632. The molecule has 0 fully saturated rings. The van der Waals surface area contributed by atoms with Gasteiger partial charge in [-0.3, -0.25) is 0 Å². The molecule has 0 aliphatic rings. The van der Waals surface area contributed by atoms with Gasteiger partial charge in [0.25, 0.3) is 0 Å². The van der Waals surface area contributed by atoms with Crippen molar-refractivity contribution < 1.29 is 0 Å². The summed E-state index contributed by atoms with van der Waals surface area (Å²) in [6.07, 6.45) is 3.74. The monoisotopic (exact) mass is 256 g/mol. The maximum absolute atomic E-state index is 3.62. The summed E-state index contributed by atoms with van der Waals surface area (Å²) in [6, 6.07) is 0. The Morgan fingerprint density at radius 2 is 1.50 bits per heavy atom. The van der Waals surface area contributed by atoms with Crippen LogP contribution in [0.5, 0.6) is 0 Å². The van der Waals surface area contributed by atoms with Crippen LogP contribution >= 0.6 is 0 Å². The first kappa shape index (κ1) is 17.9. The third-order valence-electron chi connectivity index (χ3n) is 3.78. The zero-order valence-corrected chi connectivity index (χ0v) is 13.9. The van der Waals surface area contributed by atoms with Crippen molar-refractivity contribution in [2.45, 2.75) is 60.8 Å². The molecule has 0 radical (unpaired) electrons. The second-order valence-electron chi connectivity index (χ2n) is 7.12. The van der Waals surface area contributed by atoms with Gasteiger partial charge in [-0.25, -0.2) is 0 Å². The summed E-state index contributed by atoms with van der Waals surface area (Å²) in [4.78, 5) is 2.51. The highest BCUT2D eigenvalue weighted by Crippen LogP contribution is 2.27. The van der Waals surface area contributed by atoms with Crippen LogP contribution in [0, 0.1) is 10.8 Å². The molecule has 0 aliphatic carbocycles. The highest BCUT2D eigenvalue weighted by molar-refractivity contribution is 4.83. The first-order valence-electron chi connectivity index (χ1n) is 7.68. The summed E-state index contributed by atoms with van der Waals surface area (Å²) < 4.78 is 0. The van der Waals surface area contributed by atoms with Crippen LogP contribution in [0.2, 0.25) is 0 Å². The molecule has 0 aromatic rings. The molecule has 0 amide bonds. The Balaban J connectivity index is 4.40. The lowest BCUT2D eigenvalue weighted by Gasteiger charge is -2.38. The number of hydrogen-bond donors (Lipinski definition) is 1. The Hall–Kier alpha value is -0.0800. The van der Waals surface area contributed by atoms with Gasteiger partial charge in [-0.2, -0.15) is 0 Å². The van der Waals surface area contributed by atoms with E-state index in [1.54, 1.807) is 0 Å². The molecule has 0 bridgehead atoms. The van der Waals surface area contributed by atoms with E-state index in [4.69, 9.17) is 0 Å². The topological polar surface area (TPSA) is 15.3 Å². The van der Waals surface area contributed by atoms with Crippen LogP contribution in [0.1, 0.15) is 60.8 Å². The first-order chi connectivity index (χ1) is 8.28. The number of rotatable bonds is 9. The van der Waals surface area contributed by atoms with E-state index in [1.807, 2.05) is 0 Å². The molecule has 110 valence electrons. The molecule has 0 aromatic heterocycles. The summed E-state index contributed by atoms with van der Waals surface area (Å²) in [5, 5.41) is 3.62. The minimum Gasteiger partial charge on any atom is -0.316 e. The second-order valence-corrected chi connectivity index (χ2v) is 7.12. The standard InChI is InChI=1S/C16H36N2/c1-8-11-17-12-16(9-2,10-3)14-18(7)13-15(4,5)6/h17H,8-14H2,1-7H3.